The van der Waals surface area contributed by atoms with Crippen LogP contribution in [0.4, 0.5) is 0 Å². The van der Waals surface area contributed by atoms with Gasteiger partial charge >= 0.3 is 0 Å². The summed E-state index contributed by atoms with van der Waals surface area (Å²) in [6.07, 6.45) is 1.21. The first-order valence-corrected chi connectivity index (χ1v) is 9.50. The highest BCUT2D eigenvalue weighted by Gasteiger charge is 2.16. The van der Waals surface area contributed by atoms with Crippen LogP contribution in [0.1, 0.15) is 10.4 Å². The minimum Gasteiger partial charge on any atom is -0.329 e. The second-order valence-electron chi connectivity index (χ2n) is 4.97. The van der Waals surface area contributed by atoms with Gasteiger partial charge in [0, 0.05) is 11.1 Å². The summed E-state index contributed by atoms with van der Waals surface area (Å²) in [5, 5.41) is 2.05. The van der Waals surface area contributed by atoms with Crippen LogP contribution >= 0.6 is 23.6 Å². The van der Waals surface area contributed by atoms with Gasteiger partial charge in [-0.2, -0.15) is 0 Å². The summed E-state index contributed by atoms with van der Waals surface area (Å²) in [5.74, 6) is 0. The Morgan fingerprint density at radius 2 is 2.10 bits per heavy atom. The van der Waals surface area contributed by atoms with Crippen molar-refractivity contribution in [3.05, 3.63) is 44.9 Å². The van der Waals surface area contributed by atoms with Gasteiger partial charge in [0.2, 0.25) is 0 Å². The zero-order valence-electron chi connectivity index (χ0n) is 11.6. The molecule has 0 bridgehead atoms. The standard InChI is InChI=1S/C14H14N2O2S3/c1-9-6-7-20-11(9)8-16-10-4-3-5-12(21(2,17)18)13(10)15-14(16)19/h3-7H,8H2,1-2H3,(H,15,19). The SMILES string of the molecule is Cc1ccsc1Cn1c(=S)[nH]c2c(S(C)(=O)=O)cccc21. The van der Waals surface area contributed by atoms with Crippen LogP contribution in [0.25, 0.3) is 11.0 Å². The van der Waals surface area contributed by atoms with Crippen molar-refractivity contribution in [2.45, 2.75) is 18.4 Å². The monoisotopic (exact) mass is 338 g/mol. The van der Waals surface area contributed by atoms with E-state index < -0.39 is 9.84 Å². The molecule has 110 valence electrons. The van der Waals surface area contributed by atoms with Crippen molar-refractivity contribution in [3.63, 3.8) is 0 Å². The highest BCUT2D eigenvalue weighted by Crippen LogP contribution is 2.25. The summed E-state index contributed by atoms with van der Waals surface area (Å²) in [6, 6.07) is 7.31. The van der Waals surface area contributed by atoms with E-state index in [1.807, 2.05) is 16.0 Å². The van der Waals surface area contributed by atoms with Crippen LogP contribution in [0.5, 0.6) is 0 Å². The van der Waals surface area contributed by atoms with E-state index in [1.165, 1.54) is 16.7 Å². The lowest BCUT2D eigenvalue weighted by Gasteiger charge is -2.05. The maximum atomic E-state index is 11.9. The van der Waals surface area contributed by atoms with Gasteiger partial charge in [-0.3, -0.25) is 0 Å². The van der Waals surface area contributed by atoms with E-state index in [4.69, 9.17) is 12.2 Å². The minimum absolute atomic E-state index is 0.285. The Morgan fingerprint density at radius 3 is 2.71 bits per heavy atom. The summed E-state index contributed by atoms with van der Waals surface area (Å²) in [6.45, 7) is 2.71. The van der Waals surface area contributed by atoms with Gasteiger partial charge in [0.15, 0.2) is 14.6 Å². The summed E-state index contributed by atoms with van der Waals surface area (Å²) < 4.78 is 26.2. The fourth-order valence-corrected chi connectivity index (χ4v) is 4.34. The van der Waals surface area contributed by atoms with Gasteiger partial charge in [-0.05, 0) is 48.3 Å². The molecular weight excluding hydrogens is 324 g/mol. The number of para-hydroxylation sites is 1. The zero-order valence-corrected chi connectivity index (χ0v) is 14.0. The molecule has 2 heterocycles. The number of aromatic nitrogens is 2. The van der Waals surface area contributed by atoms with Gasteiger partial charge in [-0.15, -0.1) is 11.3 Å². The van der Waals surface area contributed by atoms with Gasteiger partial charge in [0.25, 0.3) is 0 Å². The molecule has 3 aromatic rings. The summed E-state index contributed by atoms with van der Waals surface area (Å²) >= 11 is 7.04. The molecule has 1 aromatic carbocycles. The molecule has 2 aromatic heterocycles. The number of hydrogen-bond donors (Lipinski definition) is 1. The molecular formula is C14H14N2O2S3. The van der Waals surface area contributed by atoms with E-state index >= 15 is 0 Å². The molecule has 4 nitrogen and oxygen atoms in total. The Morgan fingerprint density at radius 1 is 1.33 bits per heavy atom. The highest BCUT2D eigenvalue weighted by molar-refractivity contribution is 7.91. The van der Waals surface area contributed by atoms with Crippen LogP contribution in [-0.4, -0.2) is 24.2 Å². The molecule has 1 N–H and O–H groups in total. The molecule has 0 saturated carbocycles. The third kappa shape index (κ3) is 2.56. The molecule has 0 aliphatic heterocycles. The molecule has 0 saturated heterocycles. The molecule has 7 heteroatoms. The lowest BCUT2D eigenvalue weighted by molar-refractivity contribution is 0.602. The van der Waals surface area contributed by atoms with Crippen molar-refractivity contribution >= 4 is 44.4 Å². The van der Waals surface area contributed by atoms with E-state index in [-0.39, 0.29) is 4.90 Å². The number of fused-ring (bicyclic) bond motifs is 1. The van der Waals surface area contributed by atoms with Crippen LogP contribution in [0, 0.1) is 11.7 Å². The lowest BCUT2D eigenvalue weighted by Crippen LogP contribution is -2.00. The first kappa shape index (κ1) is 14.5. The molecule has 0 fully saturated rings. The molecule has 0 unspecified atom stereocenters. The van der Waals surface area contributed by atoms with Crippen molar-refractivity contribution in [2.24, 2.45) is 0 Å². The number of hydrogen-bond acceptors (Lipinski definition) is 4. The molecule has 0 aliphatic carbocycles. The second kappa shape index (κ2) is 5.08. The number of thiophene rings is 1. The van der Waals surface area contributed by atoms with Crippen molar-refractivity contribution < 1.29 is 8.42 Å². The van der Waals surface area contributed by atoms with Gasteiger partial charge in [-0.25, -0.2) is 8.42 Å². The number of aromatic amines is 1. The molecule has 0 aliphatic rings. The number of imidazole rings is 1. The van der Waals surface area contributed by atoms with Gasteiger partial charge < -0.3 is 9.55 Å². The second-order valence-corrected chi connectivity index (χ2v) is 8.34. The molecule has 0 amide bonds. The van der Waals surface area contributed by atoms with Gasteiger partial charge in [0.05, 0.1) is 22.5 Å². The van der Waals surface area contributed by atoms with Crippen molar-refractivity contribution in [1.29, 1.82) is 0 Å². The highest BCUT2D eigenvalue weighted by atomic mass is 32.2. The molecule has 0 spiro atoms. The van der Waals surface area contributed by atoms with E-state index in [2.05, 4.69) is 18.0 Å². The number of H-pyrrole nitrogens is 1. The number of aryl methyl sites for hydroxylation is 1. The number of nitrogens with one attached hydrogen (secondary N) is 1. The summed E-state index contributed by atoms with van der Waals surface area (Å²) in [4.78, 5) is 4.54. The van der Waals surface area contributed by atoms with Gasteiger partial charge in [0.1, 0.15) is 0 Å². The van der Waals surface area contributed by atoms with Crippen LogP contribution < -0.4 is 0 Å². The Labute approximate surface area is 132 Å². The zero-order chi connectivity index (χ0) is 15.2. The minimum atomic E-state index is -3.29. The number of benzene rings is 1. The predicted octanol–water partition coefficient (Wildman–Crippen LogP) is 3.52. The molecule has 0 atom stereocenters. The normalized spacial score (nSPS) is 12.1. The quantitative estimate of drug-likeness (QED) is 0.744. The van der Waals surface area contributed by atoms with E-state index in [9.17, 15) is 8.42 Å². The Hall–Kier alpha value is -1.44. The van der Waals surface area contributed by atoms with E-state index in [1.54, 1.807) is 23.5 Å². The van der Waals surface area contributed by atoms with Crippen molar-refractivity contribution in [2.75, 3.05) is 6.26 Å². The van der Waals surface area contributed by atoms with Crippen molar-refractivity contribution in [3.8, 4) is 0 Å². The number of nitrogens with zero attached hydrogens (tertiary/aromatic N) is 1. The third-order valence-electron chi connectivity index (χ3n) is 3.44. The average Bonchev–Trinajstić information content (AvgIpc) is 2.93. The smallest absolute Gasteiger partial charge is 0.178 e. The number of sulfone groups is 1. The van der Waals surface area contributed by atoms with E-state index in [0.29, 0.717) is 16.8 Å². The summed E-state index contributed by atoms with van der Waals surface area (Å²) in [5.41, 5.74) is 2.62. The Bertz CT molecular complexity index is 977. The predicted molar refractivity (Wildman–Crippen MR) is 88.4 cm³/mol. The lowest BCUT2D eigenvalue weighted by atomic mass is 10.3. The Balaban J connectivity index is 2.24. The fourth-order valence-electron chi connectivity index (χ4n) is 2.33. The van der Waals surface area contributed by atoms with Crippen LogP contribution in [0.15, 0.2) is 34.5 Å². The van der Waals surface area contributed by atoms with Crippen LogP contribution in [0.3, 0.4) is 0 Å². The number of rotatable bonds is 3. The average molecular weight is 338 g/mol. The van der Waals surface area contributed by atoms with Crippen molar-refractivity contribution in [1.82, 2.24) is 9.55 Å². The molecule has 21 heavy (non-hydrogen) atoms. The summed E-state index contributed by atoms with van der Waals surface area (Å²) in [7, 11) is -3.29. The first-order chi connectivity index (χ1) is 9.88. The molecule has 0 radical (unpaired) electrons. The van der Waals surface area contributed by atoms with Crippen LogP contribution in [-0.2, 0) is 16.4 Å². The first-order valence-electron chi connectivity index (χ1n) is 6.32. The maximum absolute atomic E-state index is 11.9. The topological polar surface area (TPSA) is 54.9 Å². The van der Waals surface area contributed by atoms with Gasteiger partial charge in [-0.1, -0.05) is 6.07 Å². The Kier molecular flexibility index (Phi) is 3.51. The largest absolute Gasteiger partial charge is 0.329 e. The molecule has 3 rings (SSSR count). The third-order valence-corrected chi connectivity index (χ3v) is 5.91. The maximum Gasteiger partial charge on any atom is 0.178 e. The van der Waals surface area contributed by atoms with E-state index in [0.717, 1.165) is 5.52 Å². The van der Waals surface area contributed by atoms with Crippen LogP contribution in [0.2, 0.25) is 0 Å². The fraction of sp³-hybridized carbons (Fsp3) is 0.214.